The number of thiophene rings is 1. The van der Waals surface area contributed by atoms with Crippen LogP contribution in [0.2, 0.25) is 0 Å². The monoisotopic (exact) mass is 409 g/mol. The number of imidazole rings is 1. The number of benzene rings is 1. The molecule has 3 heterocycles. The summed E-state index contributed by atoms with van der Waals surface area (Å²) in [6.45, 7) is 0.774. The molecular weight excluding hydrogens is 393 g/mol. The Labute approximate surface area is 158 Å². The fourth-order valence-electron chi connectivity index (χ4n) is 3.17. The minimum Gasteiger partial charge on any atom is -0.465 e. The first-order valence-electron chi connectivity index (χ1n) is 8.11. The summed E-state index contributed by atoms with van der Waals surface area (Å²) in [5.74, 6) is -0.717. The average Bonchev–Trinajstić information content (AvgIpc) is 3.22. The summed E-state index contributed by atoms with van der Waals surface area (Å²) in [5, 5.41) is 0. The fourth-order valence-corrected chi connectivity index (χ4v) is 5.08. The van der Waals surface area contributed by atoms with Gasteiger partial charge >= 0.3 is 5.97 Å². The molecular formula is C17H16FN3O4S2. The van der Waals surface area contributed by atoms with Gasteiger partial charge < -0.3 is 9.72 Å². The minimum absolute atomic E-state index is 0.0552. The predicted octanol–water partition coefficient (Wildman–Crippen LogP) is 2.53. The molecule has 0 radical (unpaired) electrons. The van der Waals surface area contributed by atoms with Gasteiger partial charge in [-0.3, -0.25) is 0 Å². The Kier molecular flexibility index (Phi) is 4.28. The number of H-pyrrole nitrogens is 1. The molecule has 10 heteroatoms. The number of carbonyl (C=O) groups is 1. The number of nitrogens with zero attached hydrogens (tertiary/aromatic N) is 2. The molecule has 0 fully saturated rings. The third-order valence-corrected chi connectivity index (χ3v) is 6.98. The summed E-state index contributed by atoms with van der Waals surface area (Å²) in [6, 6.07) is 4.27. The minimum atomic E-state index is -3.25. The van der Waals surface area contributed by atoms with Gasteiger partial charge in [0.1, 0.15) is 17.2 Å². The van der Waals surface area contributed by atoms with E-state index < -0.39 is 21.8 Å². The number of carbonyl (C=O) groups excluding carboxylic acids is 1. The first-order chi connectivity index (χ1) is 12.8. The molecule has 27 heavy (non-hydrogen) atoms. The number of esters is 1. The van der Waals surface area contributed by atoms with Crippen molar-refractivity contribution < 1.29 is 22.3 Å². The first-order valence-corrected chi connectivity index (χ1v) is 10.8. The van der Waals surface area contributed by atoms with Crippen molar-refractivity contribution in [2.24, 2.45) is 0 Å². The van der Waals surface area contributed by atoms with Gasteiger partial charge in [0.2, 0.25) is 10.0 Å². The zero-order chi connectivity index (χ0) is 19.3. The number of sulfonamides is 1. The van der Waals surface area contributed by atoms with Crippen LogP contribution in [0.1, 0.15) is 20.8 Å². The second kappa shape index (κ2) is 6.39. The van der Waals surface area contributed by atoms with Crippen LogP contribution in [-0.4, -0.2) is 48.6 Å². The highest BCUT2D eigenvalue weighted by atomic mass is 32.2. The van der Waals surface area contributed by atoms with E-state index in [0.717, 1.165) is 21.4 Å². The molecule has 0 unspecified atom stereocenters. The number of hydrogen-bond acceptors (Lipinski definition) is 6. The number of fused-ring (bicyclic) bond motifs is 2. The average molecular weight is 409 g/mol. The second-order valence-electron chi connectivity index (χ2n) is 6.33. The largest absolute Gasteiger partial charge is 0.465 e. The highest BCUT2D eigenvalue weighted by Crippen LogP contribution is 2.35. The Balaban J connectivity index is 1.76. The summed E-state index contributed by atoms with van der Waals surface area (Å²) in [5.41, 5.74) is 1.72. The summed E-state index contributed by atoms with van der Waals surface area (Å²) in [6.07, 6.45) is 1.84. The SMILES string of the molecule is COC(=O)c1cc(F)cc2[nH]c(-c3cc4c(s3)CCN(S(C)(=O)=O)C4)nc12. The van der Waals surface area contributed by atoms with Gasteiger partial charge in [-0.2, -0.15) is 4.31 Å². The third-order valence-electron chi connectivity index (χ3n) is 4.49. The lowest BCUT2D eigenvalue weighted by Gasteiger charge is -2.24. The van der Waals surface area contributed by atoms with E-state index in [4.69, 9.17) is 4.74 Å². The van der Waals surface area contributed by atoms with E-state index >= 15 is 0 Å². The van der Waals surface area contributed by atoms with E-state index in [1.807, 2.05) is 6.07 Å². The molecule has 2 aromatic heterocycles. The highest BCUT2D eigenvalue weighted by Gasteiger charge is 2.26. The molecule has 0 atom stereocenters. The zero-order valence-electron chi connectivity index (χ0n) is 14.6. The quantitative estimate of drug-likeness (QED) is 0.671. The van der Waals surface area contributed by atoms with Crippen molar-refractivity contribution in [1.29, 1.82) is 0 Å². The van der Waals surface area contributed by atoms with Crippen molar-refractivity contribution in [2.45, 2.75) is 13.0 Å². The summed E-state index contributed by atoms with van der Waals surface area (Å²) in [4.78, 5) is 21.3. The lowest BCUT2D eigenvalue weighted by atomic mass is 10.1. The molecule has 0 saturated carbocycles. The molecule has 7 nitrogen and oxygen atoms in total. The van der Waals surface area contributed by atoms with Gasteiger partial charge in [-0.05, 0) is 30.2 Å². The maximum Gasteiger partial charge on any atom is 0.340 e. The Hall–Kier alpha value is -2.30. The molecule has 0 amide bonds. The van der Waals surface area contributed by atoms with Crippen LogP contribution in [0.25, 0.3) is 21.7 Å². The number of nitrogens with one attached hydrogen (secondary N) is 1. The van der Waals surface area contributed by atoms with E-state index in [-0.39, 0.29) is 5.56 Å². The maximum atomic E-state index is 13.8. The number of halogens is 1. The van der Waals surface area contributed by atoms with Gasteiger partial charge in [-0.25, -0.2) is 22.6 Å². The zero-order valence-corrected chi connectivity index (χ0v) is 16.2. The number of methoxy groups -OCH3 is 1. The topological polar surface area (TPSA) is 92.4 Å². The molecule has 1 N–H and O–H groups in total. The van der Waals surface area contributed by atoms with Gasteiger partial charge in [-0.15, -0.1) is 11.3 Å². The number of hydrogen-bond donors (Lipinski definition) is 1. The Bertz CT molecular complexity index is 1170. The van der Waals surface area contributed by atoms with Crippen LogP contribution < -0.4 is 0 Å². The summed E-state index contributed by atoms with van der Waals surface area (Å²) < 4.78 is 43.5. The van der Waals surface area contributed by atoms with Crippen LogP contribution in [0.3, 0.4) is 0 Å². The van der Waals surface area contributed by atoms with E-state index in [9.17, 15) is 17.6 Å². The fraction of sp³-hybridized carbons (Fsp3) is 0.294. The van der Waals surface area contributed by atoms with Crippen LogP contribution in [0, 0.1) is 5.82 Å². The first kappa shape index (κ1) is 18.1. The van der Waals surface area contributed by atoms with Gasteiger partial charge in [-0.1, -0.05) is 0 Å². The van der Waals surface area contributed by atoms with E-state index in [2.05, 4.69) is 9.97 Å². The van der Waals surface area contributed by atoms with Gasteiger partial charge in [0.15, 0.2) is 0 Å². The number of ether oxygens (including phenoxy) is 1. The molecule has 0 spiro atoms. The van der Waals surface area contributed by atoms with E-state index in [1.165, 1.54) is 35.1 Å². The molecule has 1 aromatic carbocycles. The number of rotatable bonds is 3. The standard InChI is InChI=1S/C17H16FN3O4S2/c1-25-17(22)11-6-10(18)7-12-15(11)20-16(19-12)14-5-9-8-21(27(2,23)24)4-3-13(9)26-14/h5-7H,3-4,8H2,1-2H3,(H,19,20). The molecule has 0 saturated heterocycles. The van der Waals surface area contributed by atoms with Crippen LogP contribution in [0.15, 0.2) is 18.2 Å². The van der Waals surface area contributed by atoms with E-state index in [0.29, 0.717) is 36.4 Å². The molecule has 3 aromatic rings. The molecule has 1 aliphatic rings. The number of aromatic amines is 1. The molecule has 0 aliphatic carbocycles. The molecule has 142 valence electrons. The second-order valence-corrected chi connectivity index (χ2v) is 9.45. The van der Waals surface area contributed by atoms with Gasteiger partial charge in [0, 0.05) is 18.0 Å². The Morgan fingerprint density at radius 3 is 2.85 bits per heavy atom. The van der Waals surface area contributed by atoms with Crippen molar-refractivity contribution >= 4 is 38.4 Å². The van der Waals surface area contributed by atoms with Crippen molar-refractivity contribution in [3.63, 3.8) is 0 Å². The molecule has 0 bridgehead atoms. The molecule has 4 rings (SSSR count). The lowest BCUT2D eigenvalue weighted by molar-refractivity contribution is 0.0602. The summed E-state index contributed by atoms with van der Waals surface area (Å²) >= 11 is 1.52. The highest BCUT2D eigenvalue weighted by molar-refractivity contribution is 7.88. The van der Waals surface area contributed by atoms with Crippen molar-refractivity contribution in [3.05, 3.63) is 40.0 Å². The lowest BCUT2D eigenvalue weighted by Crippen LogP contribution is -2.34. The normalized spacial score (nSPS) is 15.1. The third kappa shape index (κ3) is 3.24. The molecule has 1 aliphatic heterocycles. The Morgan fingerprint density at radius 1 is 1.37 bits per heavy atom. The van der Waals surface area contributed by atoms with Crippen molar-refractivity contribution in [2.75, 3.05) is 19.9 Å². The van der Waals surface area contributed by atoms with Gasteiger partial charge in [0.05, 0.1) is 29.3 Å². The summed E-state index contributed by atoms with van der Waals surface area (Å²) in [7, 11) is -2.02. The van der Waals surface area contributed by atoms with E-state index in [1.54, 1.807) is 0 Å². The van der Waals surface area contributed by atoms with Crippen LogP contribution in [-0.2, 0) is 27.7 Å². The van der Waals surface area contributed by atoms with Crippen LogP contribution in [0.5, 0.6) is 0 Å². The van der Waals surface area contributed by atoms with Gasteiger partial charge in [0.25, 0.3) is 0 Å². The smallest absolute Gasteiger partial charge is 0.340 e. The predicted molar refractivity (Wildman–Crippen MR) is 99.7 cm³/mol. The van der Waals surface area contributed by atoms with Crippen LogP contribution in [0.4, 0.5) is 4.39 Å². The Morgan fingerprint density at radius 2 is 2.15 bits per heavy atom. The maximum absolute atomic E-state index is 13.8. The van der Waals surface area contributed by atoms with Crippen molar-refractivity contribution in [3.8, 4) is 10.7 Å². The number of aromatic nitrogens is 2. The van der Waals surface area contributed by atoms with Crippen LogP contribution >= 0.6 is 11.3 Å². The van der Waals surface area contributed by atoms with Crippen molar-refractivity contribution in [1.82, 2.24) is 14.3 Å².